The van der Waals surface area contributed by atoms with Crippen LogP contribution in [0.25, 0.3) is 0 Å². The maximum absolute atomic E-state index is 6.15. The molecule has 0 amide bonds. The van der Waals surface area contributed by atoms with E-state index in [1.165, 1.54) is 6.42 Å². The van der Waals surface area contributed by atoms with Crippen molar-refractivity contribution in [2.75, 3.05) is 32.8 Å². The number of rotatable bonds is 9. The van der Waals surface area contributed by atoms with Gasteiger partial charge in [-0.25, -0.2) is 0 Å². The molecule has 0 saturated heterocycles. The number of hydrogen-bond acceptors (Lipinski definition) is 2. The summed E-state index contributed by atoms with van der Waals surface area (Å²) in [5.74, 6) is 0. The lowest BCUT2D eigenvalue weighted by molar-refractivity contribution is 0.122. The summed E-state index contributed by atoms with van der Waals surface area (Å²) in [5.41, 5.74) is 0. The van der Waals surface area contributed by atoms with Gasteiger partial charge in [0.25, 0.3) is 0 Å². The van der Waals surface area contributed by atoms with E-state index in [2.05, 4.69) is 25.7 Å². The van der Waals surface area contributed by atoms with E-state index in [0.717, 1.165) is 32.7 Å². The van der Waals surface area contributed by atoms with Crippen molar-refractivity contribution < 1.29 is 4.74 Å². The molecule has 2 nitrogen and oxygen atoms in total. The predicted molar refractivity (Wildman–Crippen MR) is 63.2 cm³/mol. The summed E-state index contributed by atoms with van der Waals surface area (Å²) in [6, 6.07) is 0. The molecule has 0 fully saturated rings. The van der Waals surface area contributed by atoms with Crippen molar-refractivity contribution in [3.05, 3.63) is 0 Å². The topological polar surface area (TPSA) is 12.5 Å². The van der Waals surface area contributed by atoms with Gasteiger partial charge >= 0.3 is 0 Å². The molecule has 86 valence electrons. The first kappa shape index (κ1) is 14.2. The summed E-state index contributed by atoms with van der Waals surface area (Å²) < 4.78 is 5.47. The second-order valence-electron chi connectivity index (χ2n) is 3.51. The molecule has 3 heteroatoms. The minimum atomic E-state index is 0.131. The molecule has 0 aromatic rings. The van der Waals surface area contributed by atoms with E-state index < -0.39 is 0 Å². The molecule has 0 aliphatic heterocycles. The van der Waals surface area contributed by atoms with Gasteiger partial charge in [-0.2, -0.15) is 0 Å². The van der Waals surface area contributed by atoms with Crippen LogP contribution in [0, 0.1) is 0 Å². The minimum Gasteiger partial charge on any atom is -0.380 e. The molecule has 0 radical (unpaired) electrons. The standard InChI is InChI=1S/C11H24ClNO/c1-4-7-8-14-10-11(12)9-13(5-2)6-3/h11H,4-10H2,1-3H3. The van der Waals surface area contributed by atoms with E-state index in [1.807, 2.05) is 0 Å². The molecule has 0 spiro atoms. The first-order valence-corrected chi connectivity index (χ1v) is 6.12. The lowest BCUT2D eigenvalue weighted by Crippen LogP contribution is -2.31. The summed E-state index contributed by atoms with van der Waals surface area (Å²) in [7, 11) is 0. The second-order valence-corrected chi connectivity index (χ2v) is 4.13. The van der Waals surface area contributed by atoms with Gasteiger partial charge in [-0.3, -0.25) is 0 Å². The monoisotopic (exact) mass is 221 g/mol. The average molecular weight is 222 g/mol. The largest absolute Gasteiger partial charge is 0.380 e. The molecular weight excluding hydrogens is 198 g/mol. The Bertz CT molecular complexity index is 118. The zero-order chi connectivity index (χ0) is 10.8. The normalized spacial score (nSPS) is 13.5. The van der Waals surface area contributed by atoms with Gasteiger partial charge in [-0.15, -0.1) is 11.6 Å². The summed E-state index contributed by atoms with van der Waals surface area (Å²) in [5, 5.41) is 0.131. The van der Waals surface area contributed by atoms with E-state index in [1.54, 1.807) is 0 Å². The lowest BCUT2D eigenvalue weighted by atomic mass is 10.3. The van der Waals surface area contributed by atoms with Crippen LogP contribution in [0.2, 0.25) is 0 Å². The van der Waals surface area contributed by atoms with Crippen LogP contribution in [-0.4, -0.2) is 43.1 Å². The average Bonchev–Trinajstić information content (AvgIpc) is 2.21. The van der Waals surface area contributed by atoms with Crippen LogP contribution in [0.1, 0.15) is 33.6 Å². The first-order chi connectivity index (χ1) is 6.74. The van der Waals surface area contributed by atoms with Crippen molar-refractivity contribution in [2.24, 2.45) is 0 Å². The van der Waals surface area contributed by atoms with Gasteiger partial charge in [-0.1, -0.05) is 27.2 Å². The second kappa shape index (κ2) is 9.75. The number of ether oxygens (including phenoxy) is 1. The summed E-state index contributed by atoms with van der Waals surface area (Å²) in [6.07, 6.45) is 2.32. The van der Waals surface area contributed by atoms with Gasteiger partial charge in [0.2, 0.25) is 0 Å². The number of alkyl halides is 1. The Balaban J connectivity index is 3.38. The SMILES string of the molecule is CCCCOCC(Cl)CN(CC)CC. The van der Waals surface area contributed by atoms with Gasteiger partial charge in [0, 0.05) is 13.2 Å². The Hall–Kier alpha value is 0.210. The molecule has 0 rings (SSSR count). The fraction of sp³-hybridized carbons (Fsp3) is 1.00. The molecule has 1 atom stereocenters. The van der Waals surface area contributed by atoms with E-state index in [0.29, 0.717) is 6.61 Å². The molecule has 0 aliphatic carbocycles. The molecule has 0 aromatic carbocycles. The van der Waals surface area contributed by atoms with Crippen LogP contribution in [0.15, 0.2) is 0 Å². The number of halogens is 1. The zero-order valence-corrected chi connectivity index (χ0v) is 10.5. The van der Waals surface area contributed by atoms with Crippen LogP contribution in [0.5, 0.6) is 0 Å². The smallest absolute Gasteiger partial charge is 0.0696 e. The Kier molecular flexibility index (Phi) is 9.90. The van der Waals surface area contributed by atoms with Crippen LogP contribution in [0.3, 0.4) is 0 Å². The molecule has 0 bridgehead atoms. The molecule has 14 heavy (non-hydrogen) atoms. The number of unbranched alkanes of at least 4 members (excludes halogenated alkanes) is 1. The van der Waals surface area contributed by atoms with E-state index in [4.69, 9.17) is 16.3 Å². The summed E-state index contributed by atoms with van der Waals surface area (Å²) in [6.45, 7) is 11.1. The highest BCUT2D eigenvalue weighted by molar-refractivity contribution is 6.20. The predicted octanol–water partition coefficient (Wildman–Crippen LogP) is 2.75. The van der Waals surface area contributed by atoms with Crippen molar-refractivity contribution in [2.45, 2.75) is 39.0 Å². The minimum absolute atomic E-state index is 0.131. The van der Waals surface area contributed by atoms with Crippen molar-refractivity contribution in [3.63, 3.8) is 0 Å². The van der Waals surface area contributed by atoms with Gasteiger partial charge < -0.3 is 9.64 Å². The maximum Gasteiger partial charge on any atom is 0.0696 e. The van der Waals surface area contributed by atoms with E-state index >= 15 is 0 Å². The Morgan fingerprint density at radius 1 is 1.21 bits per heavy atom. The van der Waals surface area contributed by atoms with Crippen molar-refractivity contribution >= 4 is 11.6 Å². The molecule has 0 heterocycles. The summed E-state index contributed by atoms with van der Waals surface area (Å²) in [4.78, 5) is 2.32. The van der Waals surface area contributed by atoms with Crippen LogP contribution in [0.4, 0.5) is 0 Å². The highest BCUT2D eigenvalue weighted by atomic mass is 35.5. The van der Waals surface area contributed by atoms with Crippen molar-refractivity contribution in [1.82, 2.24) is 4.90 Å². The fourth-order valence-electron chi connectivity index (χ4n) is 1.27. The first-order valence-electron chi connectivity index (χ1n) is 5.68. The highest BCUT2D eigenvalue weighted by Gasteiger charge is 2.08. The highest BCUT2D eigenvalue weighted by Crippen LogP contribution is 2.01. The van der Waals surface area contributed by atoms with Crippen LogP contribution < -0.4 is 0 Å². The van der Waals surface area contributed by atoms with E-state index in [9.17, 15) is 0 Å². The summed E-state index contributed by atoms with van der Waals surface area (Å²) >= 11 is 6.15. The van der Waals surface area contributed by atoms with Gasteiger partial charge in [0.15, 0.2) is 0 Å². The molecule has 0 aliphatic rings. The maximum atomic E-state index is 6.15. The zero-order valence-electron chi connectivity index (χ0n) is 9.76. The number of hydrogen-bond donors (Lipinski definition) is 0. The number of nitrogens with zero attached hydrogens (tertiary/aromatic N) is 1. The van der Waals surface area contributed by atoms with Gasteiger partial charge in [0.1, 0.15) is 0 Å². The Labute approximate surface area is 93.6 Å². The van der Waals surface area contributed by atoms with Crippen LogP contribution >= 0.6 is 11.6 Å². The van der Waals surface area contributed by atoms with Crippen LogP contribution in [-0.2, 0) is 4.74 Å². The Morgan fingerprint density at radius 2 is 1.86 bits per heavy atom. The molecule has 0 saturated carbocycles. The molecular formula is C11H24ClNO. The third-order valence-electron chi connectivity index (χ3n) is 2.29. The fourth-order valence-corrected chi connectivity index (χ4v) is 1.56. The third kappa shape index (κ3) is 7.60. The molecule has 1 unspecified atom stereocenters. The van der Waals surface area contributed by atoms with E-state index in [-0.39, 0.29) is 5.38 Å². The third-order valence-corrected chi connectivity index (χ3v) is 2.56. The molecule has 0 aromatic heterocycles. The molecule has 0 N–H and O–H groups in total. The Morgan fingerprint density at radius 3 is 2.36 bits per heavy atom. The van der Waals surface area contributed by atoms with Gasteiger partial charge in [0.05, 0.1) is 12.0 Å². The van der Waals surface area contributed by atoms with Crippen molar-refractivity contribution in [3.8, 4) is 0 Å². The quantitative estimate of drug-likeness (QED) is 0.439. The van der Waals surface area contributed by atoms with Gasteiger partial charge in [-0.05, 0) is 19.5 Å². The lowest BCUT2D eigenvalue weighted by Gasteiger charge is -2.21. The van der Waals surface area contributed by atoms with Crippen molar-refractivity contribution in [1.29, 1.82) is 0 Å².